The molecule has 1 aliphatic carbocycles. The molecule has 0 spiro atoms. The Balaban J connectivity index is 2.08. The number of hydrogen-bond donors (Lipinski definition) is 2. The normalized spacial score (nSPS) is 25.3. The molecule has 0 radical (unpaired) electrons. The van der Waals surface area contributed by atoms with Gasteiger partial charge in [-0.25, -0.2) is 4.39 Å². The highest BCUT2D eigenvalue weighted by Crippen LogP contribution is 2.28. The molecule has 3 unspecified atom stereocenters. The smallest absolute Gasteiger partial charge is 0.129 e. The van der Waals surface area contributed by atoms with Gasteiger partial charge in [0.15, 0.2) is 0 Å². The molecule has 18 heavy (non-hydrogen) atoms. The summed E-state index contributed by atoms with van der Waals surface area (Å²) in [6.45, 7) is 2.68. The summed E-state index contributed by atoms with van der Waals surface area (Å²) in [6.07, 6.45) is 3.57. The SMILES string of the molecule is CC1CCC(NC(CN)c2ccc(Br)cc2F)C1. The van der Waals surface area contributed by atoms with Gasteiger partial charge in [0.2, 0.25) is 0 Å². The maximum atomic E-state index is 13.9. The lowest BCUT2D eigenvalue weighted by Crippen LogP contribution is -2.35. The average Bonchev–Trinajstić information content (AvgIpc) is 2.72. The molecule has 1 aromatic carbocycles. The van der Waals surface area contributed by atoms with Gasteiger partial charge >= 0.3 is 0 Å². The van der Waals surface area contributed by atoms with Gasteiger partial charge < -0.3 is 11.1 Å². The molecule has 0 amide bonds. The Labute approximate surface area is 116 Å². The van der Waals surface area contributed by atoms with Crippen molar-refractivity contribution < 1.29 is 4.39 Å². The third-order valence-electron chi connectivity index (χ3n) is 3.71. The Hall–Kier alpha value is -0.450. The lowest BCUT2D eigenvalue weighted by atomic mass is 10.0. The maximum absolute atomic E-state index is 13.9. The van der Waals surface area contributed by atoms with E-state index in [1.54, 1.807) is 0 Å². The molecule has 4 heteroatoms. The number of benzene rings is 1. The van der Waals surface area contributed by atoms with Gasteiger partial charge in [-0.3, -0.25) is 0 Å². The molecule has 1 saturated carbocycles. The number of nitrogens with two attached hydrogens (primary N) is 1. The molecule has 1 aliphatic rings. The number of hydrogen-bond acceptors (Lipinski definition) is 2. The third-order valence-corrected chi connectivity index (χ3v) is 4.20. The largest absolute Gasteiger partial charge is 0.329 e. The van der Waals surface area contributed by atoms with Crippen LogP contribution < -0.4 is 11.1 Å². The van der Waals surface area contributed by atoms with Crippen LogP contribution in [-0.2, 0) is 0 Å². The van der Waals surface area contributed by atoms with Crippen molar-refractivity contribution in [2.75, 3.05) is 6.54 Å². The molecular formula is C14H20BrFN2. The van der Waals surface area contributed by atoms with E-state index in [2.05, 4.69) is 28.2 Å². The molecule has 0 aliphatic heterocycles. The zero-order valence-corrected chi connectivity index (χ0v) is 12.2. The summed E-state index contributed by atoms with van der Waals surface area (Å²) in [5.41, 5.74) is 6.45. The Morgan fingerprint density at radius 1 is 1.50 bits per heavy atom. The second-order valence-electron chi connectivity index (χ2n) is 5.24. The van der Waals surface area contributed by atoms with Gasteiger partial charge in [-0.15, -0.1) is 0 Å². The molecule has 2 rings (SSSR count). The lowest BCUT2D eigenvalue weighted by Gasteiger charge is -2.22. The highest BCUT2D eigenvalue weighted by Gasteiger charge is 2.24. The summed E-state index contributed by atoms with van der Waals surface area (Å²) < 4.78 is 14.7. The molecule has 0 saturated heterocycles. The quantitative estimate of drug-likeness (QED) is 0.894. The molecule has 0 heterocycles. The van der Waals surface area contributed by atoms with Crippen molar-refractivity contribution in [3.8, 4) is 0 Å². The first-order valence-electron chi connectivity index (χ1n) is 6.51. The monoisotopic (exact) mass is 314 g/mol. The van der Waals surface area contributed by atoms with Crippen molar-refractivity contribution >= 4 is 15.9 Å². The molecule has 1 aromatic rings. The van der Waals surface area contributed by atoms with Crippen molar-refractivity contribution in [1.82, 2.24) is 5.32 Å². The van der Waals surface area contributed by atoms with E-state index in [9.17, 15) is 4.39 Å². The average molecular weight is 315 g/mol. The Morgan fingerprint density at radius 2 is 2.28 bits per heavy atom. The fourth-order valence-electron chi connectivity index (χ4n) is 2.71. The van der Waals surface area contributed by atoms with E-state index in [1.165, 1.54) is 12.5 Å². The van der Waals surface area contributed by atoms with Crippen LogP contribution in [-0.4, -0.2) is 12.6 Å². The van der Waals surface area contributed by atoms with E-state index in [1.807, 2.05) is 12.1 Å². The van der Waals surface area contributed by atoms with Crippen LogP contribution in [0.4, 0.5) is 4.39 Å². The van der Waals surface area contributed by atoms with Crippen molar-refractivity contribution in [1.29, 1.82) is 0 Å². The summed E-state index contributed by atoms with van der Waals surface area (Å²) >= 11 is 3.27. The first-order chi connectivity index (χ1) is 8.60. The van der Waals surface area contributed by atoms with Gasteiger partial charge in [0.05, 0.1) is 0 Å². The van der Waals surface area contributed by atoms with Gasteiger partial charge in [0, 0.05) is 28.7 Å². The molecule has 100 valence electrons. The zero-order chi connectivity index (χ0) is 13.1. The van der Waals surface area contributed by atoms with E-state index in [0.29, 0.717) is 18.2 Å². The van der Waals surface area contributed by atoms with Gasteiger partial charge in [0.25, 0.3) is 0 Å². The Kier molecular flexibility index (Phi) is 4.76. The lowest BCUT2D eigenvalue weighted by molar-refractivity contribution is 0.422. The van der Waals surface area contributed by atoms with E-state index in [4.69, 9.17) is 5.73 Å². The van der Waals surface area contributed by atoms with Crippen molar-refractivity contribution in [2.45, 2.75) is 38.3 Å². The molecule has 3 atom stereocenters. The maximum Gasteiger partial charge on any atom is 0.129 e. The number of nitrogens with one attached hydrogen (secondary N) is 1. The minimum atomic E-state index is -0.196. The second-order valence-corrected chi connectivity index (χ2v) is 6.15. The first kappa shape index (κ1) is 14.0. The summed E-state index contributed by atoms with van der Waals surface area (Å²) in [5.74, 6) is 0.564. The molecule has 1 fully saturated rings. The topological polar surface area (TPSA) is 38.0 Å². The highest BCUT2D eigenvalue weighted by molar-refractivity contribution is 9.10. The van der Waals surface area contributed by atoms with E-state index >= 15 is 0 Å². The predicted octanol–water partition coefficient (Wildman–Crippen LogP) is 3.37. The van der Waals surface area contributed by atoms with Crippen molar-refractivity contribution in [3.63, 3.8) is 0 Å². The van der Waals surface area contributed by atoms with E-state index in [-0.39, 0.29) is 11.9 Å². The van der Waals surface area contributed by atoms with Crippen LogP contribution in [0.15, 0.2) is 22.7 Å². The van der Waals surface area contributed by atoms with Crippen LogP contribution in [0.3, 0.4) is 0 Å². The van der Waals surface area contributed by atoms with Gasteiger partial charge in [-0.05, 0) is 37.3 Å². The highest BCUT2D eigenvalue weighted by atomic mass is 79.9. The molecule has 3 N–H and O–H groups in total. The minimum Gasteiger partial charge on any atom is -0.329 e. The third kappa shape index (κ3) is 3.31. The second kappa shape index (κ2) is 6.13. The summed E-state index contributed by atoms with van der Waals surface area (Å²) in [6, 6.07) is 5.55. The predicted molar refractivity (Wildman–Crippen MR) is 75.8 cm³/mol. The van der Waals surface area contributed by atoms with Gasteiger partial charge in [-0.2, -0.15) is 0 Å². The standard InChI is InChI=1S/C14H20BrFN2/c1-9-2-4-11(6-9)18-14(8-17)12-5-3-10(15)7-13(12)16/h3,5,7,9,11,14,18H,2,4,6,8,17H2,1H3. The van der Waals surface area contributed by atoms with E-state index in [0.717, 1.165) is 23.2 Å². The fourth-order valence-corrected chi connectivity index (χ4v) is 3.05. The van der Waals surface area contributed by atoms with Crippen LogP contribution in [0.5, 0.6) is 0 Å². The summed E-state index contributed by atoms with van der Waals surface area (Å²) in [4.78, 5) is 0. The van der Waals surface area contributed by atoms with Gasteiger partial charge in [0.1, 0.15) is 5.82 Å². The molecular weight excluding hydrogens is 295 g/mol. The van der Waals surface area contributed by atoms with E-state index < -0.39 is 0 Å². The van der Waals surface area contributed by atoms with Crippen LogP contribution in [0, 0.1) is 11.7 Å². The van der Waals surface area contributed by atoms with Gasteiger partial charge in [-0.1, -0.05) is 28.9 Å². The number of rotatable bonds is 4. The van der Waals surface area contributed by atoms with Crippen molar-refractivity contribution in [2.24, 2.45) is 11.7 Å². The van der Waals surface area contributed by atoms with Crippen LogP contribution in [0.1, 0.15) is 37.8 Å². The fraction of sp³-hybridized carbons (Fsp3) is 0.571. The van der Waals surface area contributed by atoms with Crippen molar-refractivity contribution in [3.05, 3.63) is 34.1 Å². The van der Waals surface area contributed by atoms with Crippen LogP contribution in [0.25, 0.3) is 0 Å². The minimum absolute atomic E-state index is 0.0894. The van der Waals surface area contributed by atoms with Crippen LogP contribution in [0.2, 0.25) is 0 Å². The first-order valence-corrected chi connectivity index (χ1v) is 7.30. The molecule has 0 bridgehead atoms. The Bertz CT molecular complexity index is 411. The Morgan fingerprint density at radius 3 is 2.83 bits per heavy atom. The molecule has 2 nitrogen and oxygen atoms in total. The number of halogens is 2. The zero-order valence-electron chi connectivity index (χ0n) is 10.6. The molecule has 0 aromatic heterocycles. The van der Waals surface area contributed by atoms with Crippen LogP contribution >= 0.6 is 15.9 Å². The summed E-state index contributed by atoms with van der Waals surface area (Å²) in [7, 11) is 0. The summed E-state index contributed by atoms with van der Waals surface area (Å²) in [5, 5.41) is 3.49.